The molecule has 2 aromatic heterocycles. The van der Waals surface area contributed by atoms with Crippen molar-refractivity contribution >= 4 is 17.2 Å². The molecule has 0 aliphatic heterocycles. The average Bonchev–Trinajstić information content (AvgIpc) is 3.12. The second-order valence-electron chi connectivity index (χ2n) is 5.57. The molecule has 18 heavy (non-hydrogen) atoms. The number of nitrogen functional groups attached to an aromatic ring is 1. The summed E-state index contributed by atoms with van der Waals surface area (Å²) >= 11 is 1.71. The van der Waals surface area contributed by atoms with Crippen LogP contribution in [0.15, 0.2) is 22.0 Å². The Morgan fingerprint density at radius 2 is 2.28 bits per heavy atom. The molecule has 3 unspecified atom stereocenters. The monoisotopic (exact) mass is 260 g/mol. The fourth-order valence-corrected chi connectivity index (χ4v) is 4.60. The lowest BCUT2D eigenvalue weighted by Gasteiger charge is -2.20. The van der Waals surface area contributed by atoms with Crippen LogP contribution in [-0.4, -0.2) is 5.16 Å². The van der Waals surface area contributed by atoms with Crippen LogP contribution in [0.25, 0.3) is 10.4 Å². The van der Waals surface area contributed by atoms with Gasteiger partial charge in [0.15, 0.2) is 0 Å². The Hall–Kier alpha value is -1.29. The van der Waals surface area contributed by atoms with E-state index in [4.69, 9.17) is 10.3 Å². The van der Waals surface area contributed by atoms with E-state index in [1.807, 2.05) is 0 Å². The lowest BCUT2D eigenvalue weighted by molar-refractivity contribution is 0.375. The molecule has 2 aliphatic rings. The summed E-state index contributed by atoms with van der Waals surface area (Å²) in [6.45, 7) is 0. The first-order chi connectivity index (χ1) is 8.83. The molecule has 2 bridgehead atoms. The summed E-state index contributed by atoms with van der Waals surface area (Å²) in [5, 5.41) is 6.35. The summed E-state index contributed by atoms with van der Waals surface area (Å²) in [5.41, 5.74) is 8.15. The third kappa shape index (κ3) is 1.45. The van der Waals surface area contributed by atoms with Crippen LogP contribution < -0.4 is 5.73 Å². The number of thiophene rings is 1. The topological polar surface area (TPSA) is 52.0 Å². The predicted molar refractivity (Wildman–Crippen MR) is 72.4 cm³/mol. The molecule has 2 fully saturated rings. The quantitative estimate of drug-likeness (QED) is 0.891. The second-order valence-corrected chi connectivity index (χ2v) is 6.51. The van der Waals surface area contributed by atoms with E-state index in [2.05, 4.69) is 22.7 Å². The summed E-state index contributed by atoms with van der Waals surface area (Å²) in [7, 11) is 0. The Morgan fingerprint density at radius 1 is 1.33 bits per heavy atom. The highest BCUT2D eigenvalue weighted by Crippen LogP contribution is 2.54. The van der Waals surface area contributed by atoms with Crippen LogP contribution in [0.4, 0.5) is 5.88 Å². The van der Waals surface area contributed by atoms with E-state index in [0.29, 0.717) is 11.8 Å². The number of hydrogen-bond acceptors (Lipinski definition) is 4. The molecular weight excluding hydrogens is 244 g/mol. The maximum Gasteiger partial charge on any atom is 0.231 e. The van der Waals surface area contributed by atoms with Gasteiger partial charge in [-0.25, -0.2) is 0 Å². The fraction of sp³-hybridized carbons (Fsp3) is 0.500. The summed E-state index contributed by atoms with van der Waals surface area (Å²) in [6, 6.07) is 4.15. The van der Waals surface area contributed by atoms with Crippen LogP contribution in [0, 0.1) is 11.8 Å². The zero-order valence-electron chi connectivity index (χ0n) is 10.1. The van der Waals surface area contributed by atoms with Gasteiger partial charge in [-0.2, -0.15) is 0 Å². The van der Waals surface area contributed by atoms with Gasteiger partial charge in [-0.05, 0) is 42.5 Å². The Labute approximate surface area is 110 Å². The minimum absolute atomic E-state index is 0.482. The molecule has 4 rings (SSSR count). The highest BCUT2D eigenvalue weighted by molar-refractivity contribution is 7.13. The molecule has 0 amide bonds. The molecule has 0 radical (unpaired) electrons. The number of fused-ring (bicyclic) bond motifs is 2. The Bertz CT molecular complexity index is 560. The van der Waals surface area contributed by atoms with Crippen LogP contribution in [0.2, 0.25) is 0 Å². The molecule has 4 heteroatoms. The van der Waals surface area contributed by atoms with Crippen LogP contribution in [0.5, 0.6) is 0 Å². The van der Waals surface area contributed by atoms with Gasteiger partial charge in [-0.3, -0.25) is 0 Å². The van der Waals surface area contributed by atoms with Crippen molar-refractivity contribution in [2.45, 2.75) is 31.6 Å². The largest absolute Gasteiger partial charge is 0.367 e. The maximum absolute atomic E-state index is 5.98. The molecule has 2 N–H and O–H groups in total. The molecule has 2 saturated carbocycles. The van der Waals surface area contributed by atoms with Crippen molar-refractivity contribution in [3.63, 3.8) is 0 Å². The third-order valence-electron chi connectivity index (χ3n) is 4.60. The van der Waals surface area contributed by atoms with Gasteiger partial charge in [0.2, 0.25) is 5.88 Å². The van der Waals surface area contributed by atoms with E-state index in [0.717, 1.165) is 23.1 Å². The Morgan fingerprint density at radius 3 is 2.94 bits per heavy atom. The smallest absolute Gasteiger partial charge is 0.231 e. The highest BCUT2D eigenvalue weighted by Gasteiger charge is 2.43. The highest BCUT2D eigenvalue weighted by atomic mass is 32.1. The molecule has 2 aliphatic carbocycles. The number of hydrogen-bond donors (Lipinski definition) is 1. The third-order valence-corrected chi connectivity index (χ3v) is 5.49. The van der Waals surface area contributed by atoms with Gasteiger partial charge in [0.05, 0.1) is 11.3 Å². The SMILES string of the molecule is Nc1onc(C2CC3CCC2C3)c1-c1cccs1. The molecule has 3 nitrogen and oxygen atoms in total. The van der Waals surface area contributed by atoms with E-state index in [9.17, 15) is 0 Å². The van der Waals surface area contributed by atoms with Gasteiger partial charge in [-0.15, -0.1) is 11.3 Å². The molecule has 2 aromatic rings. The number of nitrogens with two attached hydrogens (primary N) is 1. The molecule has 3 atom stereocenters. The van der Waals surface area contributed by atoms with Gasteiger partial charge in [0.25, 0.3) is 0 Å². The van der Waals surface area contributed by atoms with Gasteiger partial charge in [0, 0.05) is 10.8 Å². The number of aromatic nitrogens is 1. The van der Waals surface area contributed by atoms with Crippen molar-refractivity contribution in [2.75, 3.05) is 5.73 Å². The zero-order valence-corrected chi connectivity index (χ0v) is 11.0. The minimum Gasteiger partial charge on any atom is -0.367 e. The van der Waals surface area contributed by atoms with Gasteiger partial charge in [0.1, 0.15) is 0 Å². The summed E-state index contributed by atoms with van der Waals surface area (Å²) in [5.74, 6) is 2.77. The number of rotatable bonds is 2. The van der Waals surface area contributed by atoms with Crippen molar-refractivity contribution in [1.82, 2.24) is 5.16 Å². The number of anilines is 1. The lowest BCUT2D eigenvalue weighted by Crippen LogP contribution is -2.09. The molecule has 2 heterocycles. The van der Waals surface area contributed by atoms with Gasteiger partial charge >= 0.3 is 0 Å². The van der Waals surface area contributed by atoms with E-state index in [1.165, 1.54) is 30.6 Å². The second kappa shape index (κ2) is 3.85. The first-order valence-corrected chi connectivity index (χ1v) is 7.50. The van der Waals surface area contributed by atoms with Gasteiger partial charge < -0.3 is 10.3 Å². The fourth-order valence-electron chi connectivity index (χ4n) is 3.82. The van der Waals surface area contributed by atoms with E-state index in [-0.39, 0.29) is 0 Å². The van der Waals surface area contributed by atoms with Crippen LogP contribution in [0.1, 0.15) is 37.3 Å². The van der Waals surface area contributed by atoms with E-state index < -0.39 is 0 Å². The van der Waals surface area contributed by atoms with Crippen LogP contribution >= 0.6 is 11.3 Å². The Balaban J connectivity index is 1.78. The molecule has 0 saturated heterocycles. The summed E-state index contributed by atoms with van der Waals surface area (Å²) in [4.78, 5) is 1.19. The molecular formula is C14H16N2OS. The normalized spacial score (nSPS) is 30.1. The van der Waals surface area contributed by atoms with E-state index >= 15 is 0 Å². The minimum atomic E-state index is 0.482. The predicted octanol–water partition coefficient (Wildman–Crippen LogP) is 3.89. The van der Waals surface area contributed by atoms with Crippen molar-refractivity contribution in [2.24, 2.45) is 11.8 Å². The van der Waals surface area contributed by atoms with Gasteiger partial charge in [-0.1, -0.05) is 17.6 Å². The first kappa shape index (κ1) is 10.6. The Kier molecular flexibility index (Phi) is 2.27. The van der Waals surface area contributed by atoms with Crippen molar-refractivity contribution in [3.05, 3.63) is 23.2 Å². The van der Waals surface area contributed by atoms with E-state index in [1.54, 1.807) is 11.3 Å². The molecule has 0 spiro atoms. The van der Waals surface area contributed by atoms with Crippen molar-refractivity contribution < 1.29 is 4.52 Å². The lowest BCUT2D eigenvalue weighted by atomic mass is 9.84. The first-order valence-electron chi connectivity index (χ1n) is 6.62. The summed E-state index contributed by atoms with van der Waals surface area (Å²) < 4.78 is 5.27. The summed E-state index contributed by atoms with van der Waals surface area (Å²) in [6.07, 6.45) is 5.41. The number of nitrogens with zero attached hydrogens (tertiary/aromatic N) is 1. The van der Waals surface area contributed by atoms with Crippen LogP contribution in [-0.2, 0) is 0 Å². The standard InChI is InChI=1S/C14H16N2OS/c15-14-12(11-2-1-5-18-11)13(16-17-14)10-7-8-3-4-9(10)6-8/h1-2,5,8-10H,3-4,6-7,15H2. The van der Waals surface area contributed by atoms with Crippen molar-refractivity contribution in [3.8, 4) is 10.4 Å². The van der Waals surface area contributed by atoms with Crippen molar-refractivity contribution in [1.29, 1.82) is 0 Å². The zero-order chi connectivity index (χ0) is 12.1. The van der Waals surface area contributed by atoms with Crippen LogP contribution in [0.3, 0.4) is 0 Å². The molecule has 0 aromatic carbocycles. The molecule has 94 valence electrons. The maximum atomic E-state index is 5.98. The average molecular weight is 260 g/mol.